The second kappa shape index (κ2) is 13.8. The van der Waals surface area contributed by atoms with Crippen LogP contribution in [0.15, 0.2) is 93.4 Å². The van der Waals surface area contributed by atoms with E-state index in [2.05, 4.69) is 9.37 Å². The van der Waals surface area contributed by atoms with E-state index >= 15 is 0 Å². The maximum Gasteiger partial charge on any atom is 0.326 e. The second-order valence-electron chi connectivity index (χ2n) is 11.8. The summed E-state index contributed by atoms with van der Waals surface area (Å²) in [6.07, 6.45) is 9.31. The van der Waals surface area contributed by atoms with Crippen LogP contribution in [-0.4, -0.2) is 66.2 Å². The van der Waals surface area contributed by atoms with Crippen LogP contribution >= 0.6 is 23.6 Å². The van der Waals surface area contributed by atoms with E-state index in [0.29, 0.717) is 38.8 Å². The Morgan fingerprint density at radius 1 is 0.938 bits per heavy atom. The number of rotatable bonds is 12. The lowest BCUT2D eigenvalue weighted by molar-refractivity contribution is -0.432. The average Bonchev–Trinajstić information content (AvgIpc) is 3.28. The van der Waals surface area contributed by atoms with Crippen molar-refractivity contribution in [3.63, 3.8) is 0 Å². The number of allylic oxidation sites excluding steroid dienone is 8. The molecule has 4 rings (SSSR count). The Kier molecular flexibility index (Phi) is 10.9. The summed E-state index contributed by atoms with van der Waals surface area (Å²) < 4.78 is 106. The van der Waals surface area contributed by atoms with Gasteiger partial charge in [0, 0.05) is 44.4 Å². The van der Waals surface area contributed by atoms with Crippen molar-refractivity contribution in [2.24, 2.45) is 0 Å². The molecule has 0 saturated carbocycles. The van der Waals surface area contributed by atoms with Crippen LogP contribution in [0.5, 0.6) is 0 Å². The Balaban J connectivity index is 1.67. The lowest BCUT2D eigenvalue weighted by Gasteiger charge is -2.25. The molecule has 2 aromatic rings. The summed E-state index contributed by atoms with van der Waals surface area (Å²) in [4.78, 5) is 1.49. The fourth-order valence-electron chi connectivity index (χ4n) is 5.70. The lowest BCUT2D eigenvalue weighted by atomic mass is 9.81. The number of benzene rings is 2. The van der Waals surface area contributed by atoms with E-state index in [1.54, 1.807) is 50.3 Å². The molecule has 0 unspecified atom stereocenters. The van der Waals surface area contributed by atoms with E-state index in [1.165, 1.54) is 39.8 Å². The van der Waals surface area contributed by atoms with Gasteiger partial charge in [0.25, 0.3) is 26.1 Å². The number of halogens is 1. The van der Waals surface area contributed by atoms with E-state index < -0.39 is 52.9 Å². The van der Waals surface area contributed by atoms with Crippen LogP contribution < -0.4 is 4.90 Å². The third-order valence-corrected chi connectivity index (χ3v) is 10.6. The molecule has 0 atom stereocenters. The molecule has 14 nitrogen and oxygen atoms in total. The molecule has 4 N–H and O–H groups in total. The molecule has 0 aromatic heterocycles. The number of fused-ring (bicyclic) bond motifs is 2. The summed E-state index contributed by atoms with van der Waals surface area (Å²) in [5, 5.41) is 12.4. The van der Waals surface area contributed by atoms with Gasteiger partial charge in [-0.05, 0) is 68.0 Å². The monoisotopic (exact) mass is 763 g/mol. The number of nitrogens with zero attached hydrogens (tertiary/aromatic N) is 2. The Morgan fingerprint density at radius 2 is 1.62 bits per heavy atom. The first-order chi connectivity index (χ1) is 22.1. The largest absolute Gasteiger partial charge is 0.327 e. The predicted molar refractivity (Wildman–Crippen MR) is 180 cm³/mol. The van der Waals surface area contributed by atoms with Crippen molar-refractivity contribution < 1.29 is 58.1 Å². The molecule has 0 saturated heterocycles. The SMILES string of the molecule is CC1(C)C(=CC=CC(Cl)=CC=CC2=[N+](CS(=O)(=O)O)c3ccc(SOOO)cc3C2(C)C)N(CS(=O)(=O)O)c2ccc(S(=O)(=O)O)cc21. The van der Waals surface area contributed by atoms with Gasteiger partial charge >= 0.3 is 10.1 Å². The maximum absolute atomic E-state index is 11.9. The van der Waals surface area contributed by atoms with Crippen molar-refractivity contribution in [2.45, 2.75) is 48.3 Å². The molecule has 2 aliphatic rings. The van der Waals surface area contributed by atoms with E-state index in [1.807, 2.05) is 13.8 Å². The minimum absolute atomic E-state index is 0.210. The summed E-state index contributed by atoms with van der Waals surface area (Å²) in [6.45, 7) is 7.14. The topological polar surface area (TPSA) is 208 Å². The van der Waals surface area contributed by atoms with Gasteiger partial charge in [-0.15, -0.1) is 4.33 Å². The molecule has 0 bridgehead atoms. The van der Waals surface area contributed by atoms with Crippen LogP contribution in [0, 0.1) is 0 Å². The van der Waals surface area contributed by atoms with Gasteiger partial charge in [-0.2, -0.15) is 29.8 Å². The minimum Gasteiger partial charge on any atom is -0.327 e. The van der Waals surface area contributed by atoms with Gasteiger partial charge in [0.05, 0.1) is 22.4 Å². The summed E-state index contributed by atoms with van der Waals surface area (Å²) in [5.41, 5.74) is 1.12. The second-order valence-corrected chi connectivity index (χ2v) is 17.3. The van der Waals surface area contributed by atoms with Crippen LogP contribution in [0.3, 0.4) is 0 Å². The minimum atomic E-state index is -4.55. The number of anilines is 1. The van der Waals surface area contributed by atoms with E-state index in [-0.39, 0.29) is 9.93 Å². The number of hydrogen-bond acceptors (Lipinski definition) is 11. The summed E-state index contributed by atoms with van der Waals surface area (Å²) in [5.74, 6) is -1.54. The molecular weight excluding hydrogens is 732 g/mol. The average molecular weight is 764 g/mol. The van der Waals surface area contributed by atoms with Crippen LogP contribution in [0.1, 0.15) is 38.8 Å². The third-order valence-electron chi connectivity index (χ3n) is 7.79. The van der Waals surface area contributed by atoms with Crippen LogP contribution in [0.2, 0.25) is 0 Å². The Hall–Kier alpha value is -2.88. The predicted octanol–water partition coefficient (Wildman–Crippen LogP) is 5.35. The zero-order valence-corrected chi connectivity index (χ0v) is 29.8. The molecule has 2 aliphatic heterocycles. The van der Waals surface area contributed by atoms with E-state index in [9.17, 15) is 38.9 Å². The summed E-state index contributed by atoms with van der Waals surface area (Å²) >= 11 is 7.18. The molecule has 0 aliphatic carbocycles. The molecular formula is C29H32ClN2O12S4+. The molecule has 2 heterocycles. The van der Waals surface area contributed by atoms with Crippen molar-refractivity contribution in [1.29, 1.82) is 0 Å². The highest BCUT2D eigenvalue weighted by Gasteiger charge is 2.46. The Morgan fingerprint density at radius 3 is 2.23 bits per heavy atom. The highest BCUT2D eigenvalue weighted by molar-refractivity contribution is 7.94. The molecule has 48 heavy (non-hydrogen) atoms. The van der Waals surface area contributed by atoms with E-state index in [0.717, 1.165) is 18.1 Å². The van der Waals surface area contributed by atoms with Crippen LogP contribution in [-0.2, 0) is 50.6 Å². The van der Waals surface area contributed by atoms with Crippen molar-refractivity contribution in [2.75, 3.05) is 16.7 Å². The first kappa shape index (κ1) is 37.9. The standard InChI is InChI=1S/C29H31ClN2O12S4/c1-28(2)22-15-20(45-44-43-33)11-13-24(22)31(17-46(34,35)36)26(28)9-5-7-19(30)8-6-10-27-29(3,4)23-16-21(48(40,41)42)12-14-25(23)32(27)18-47(37,38)39/h5-16H,17-18H2,1-4H3,(H3-,33,34,35,36,37,38,39,40,41,42)/p+1. The first-order valence-corrected chi connectivity index (χ1v) is 19.5. The first-order valence-electron chi connectivity index (χ1n) is 13.7. The Labute approximate surface area is 287 Å². The normalized spacial score (nSPS) is 18.8. The molecule has 0 fully saturated rings. The Bertz CT molecular complexity index is 2120. The molecule has 0 amide bonds. The van der Waals surface area contributed by atoms with Gasteiger partial charge < -0.3 is 4.90 Å². The van der Waals surface area contributed by atoms with Crippen molar-refractivity contribution in [3.05, 3.63) is 94.7 Å². The fourth-order valence-corrected chi connectivity index (χ4v) is 7.96. The summed E-state index contributed by atoms with van der Waals surface area (Å²) in [6, 6.07) is 8.70. The van der Waals surface area contributed by atoms with Crippen molar-refractivity contribution in [3.8, 4) is 0 Å². The number of hydrogen-bond donors (Lipinski definition) is 4. The maximum atomic E-state index is 11.9. The quantitative estimate of drug-likeness (QED) is 0.0537. The van der Waals surface area contributed by atoms with Gasteiger partial charge in [0.15, 0.2) is 11.6 Å². The van der Waals surface area contributed by atoms with Crippen LogP contribution in [0.25, 0.3) is 0 Å². The van der Waals surface area contributed by atoms with Crippen molar-refractivity contribution >= 4 is 71.1 Å². The molecule has 260 valence electrons. The zero-order valence-electron chi connectivity index (χ0n) is 25.8. The molecule has 2 aromatic carbocycles. The smallest absolute Gasteiger partial charge is 0.326 e. The van der Waals surface area contributed by atoms with Gasteiger partial charge in [0.2, 0.25) is 5.69 Å². The fraction of sp³-hybridized carbons (Fsp3) is 0.276. The summed E-state index contributed by atoms with van der Waals surface area (Å²) in [7, 11) is -13.5. The van der Waals surface area contributed by atoms with E-state index in [4.69, 9.17) is 16.9 Å². The molecule has 19 heteroatoms. The highest BCUT2D eigenvalue weighted by atomic mass is 35.5. The zero-order chi connectivity index (χ0) is 35.9. The van der Waals surface area contributed by atoms with Gasteiger partial charge in [-0.3, -0.25) is 13.7 Å². The van der Waals surface area contributed by atoms with Crippen LogP contribution in [0.4, 0.5) is 11.4 Å². The van der Waals surface area contributed by atoms with Gasteiger partial charge in [-0.1, -0.05) is 42.6 Å². The third kappa shape index (κ3) is 8.45. The molecule has 0 spiro atoms. The highest BCUT2D eigenvalue weighted by Crippen LogP contribution is 2.48. The molecule has 0 radical (unpaired) electrons. The lowest BCUT2D eigenvalue weighted by Crippen LogP contribution is -2.30. The van der Waals surface area contributed by atoms with Gasteiger partial charge in [0.1, 0.15) is 0 Å². The van der Waals surface area contributed by atoms with Crippen molar-refractivity contribution in [1.82, 2.24) is 0 Å². The van der Waals surface area contributed by atoms with Gasteiger partial charge in [-0.25, -0.2) is 5.26 Å².